The molecule has 3 fully saturated rings. The standard InChI is InChI=1S/C30H32Br2N2O5/c1-4-17-7-6-8-18(5-2)27(17)33-15-19(12-26(33)35)30(38)39-20-9-10-25(16(3)11-20)34-28(36)21-13-23(31)24(32)14-22(21)29(34)37/h6-11,19,21-24H,4-5,12-15H2,1-3H3/t19-,21-,22+,23+,24+/m1/s1. The van der Waals surface area contributed by atoms with E-state index in [2.05, 4.69) is 45.7 Å². The molecule has 0 aromatic heterocycles. The highest BCUT2D eigenvalue weighted by Gasteiger charge is 2.52. The fourth-order valence-electron chi connectivity index (χ4n) is 6.12. The minimum atomic E-state index is -0.577. The lowest BCUT2D eigenvalue weighted by Gasteiger charge is -2.29. The van der Waals surface area contributed by atoms with E-state index in [0.29, 0.717) is 29.8 Å². The quantitative estimate of drug-likeness (QED) is 0.177. The number of amides is 3. The molecule has 7 nitrogen and oxygen atoms in total. The zero-order chi connectivity index (χ0) is 28.0. The minimum absolute atomic E-state index is 0.0805. The molecule has 0 radical (unpaired) electrons. The number of para-hydroxylation sites is 1. The molecule has 39 heavy (non-hydrogen) atoms. The molecule has 2 aromatic carbocycles. The van der Waals surface area contributed by atoms with Gasteiger partial charge in [-0.2, -0.15) is 0 Å². The molecule has 5 atom stereocenters. The van der Waals surface area contributed by atoms with Crippen molar-refractivity contribution in [3.63, 3.8) is 0 Å². The van der Waals surface area contributed by atoms with Crippen LogP contribution in [0.25, 0.3) is 0 Å². The van der Waals surface area contributed by atoms with E-state index in [1.165, 1.54) is 4.90 Å². The van der Waals surface area contributed by atoms with Crippen molar-refractivity contribution in [2.75, 3.05) is 16.3 Å². The van der Waals surface area contributed by atoms with Gasteiger partial charge in [0.2, 0.25) is 17.7 Å². The molecule has 2 heterocycles. The van der Waals surface area contributed by atoms with Gasteiger partial charge in [0.1, 0.15) is 5.75 Å². The van der Waals surface area contributed by atoms with Crippen molar-refractivity contribution in [1.29, 1.82) is 0 Å². The van der Waals surface area contributed by atoms with Crippen molar-refractivity contribution >= 4 is 66.9 Å². The molecular formula is C30H32Br2N2O5. The highest BCUT2D eigenvalue weighted by molar-refractivity contribution is 9.12. The number of aryl methyl sites for hydroxylation is 3. The summed E-state index contributed by atoms with van der Waals surface area (Å²) < 4.78 is 5.70. The Morgan fingerprint density at radius 3 is 2.08 bits per heavy atom. The minimum Gasteiger partial charge on any atom is -0.426 e. The molecule has 0 N–H and O–H groups in total. The molecule has 1 aliphatic carbocycles. The van der Waals surface area contributed by atoms with Crippen LogP contribution >= 0.6 is 31.9 Å². The van der Waals surface area contributed by atoms with E-state index in [1.54, 1.807) is 30.0 Å². The molecule has 0 spiro atoms. The number of imide groups is 1. The van der Waals surface area contributed by atoms with Gasteiger partial charge in [-0.05, 0) is 67.5 Å². The number of nitrogens with zero attached hydrogens (tertiary/aromatic N) is 2. The lowest BCUT2D eigenvalue weighted by atomic mass is 9.81. The smallest absolute Gasteiger partial charge is 0.316 e. The summed E-state index contributed by atoms with van der Waals surface area (Å²) in [5.41, 5.74) is 4.28. The van der Waals surface area contributed by atoms with Gasteiger partial charge < -0.3 is 9.64 Å². The van der Waals surface area contributed by atoms with E-state index < -0.39 is 11.9 Å². The monoisotopic (exact) mass is 658 g/mol. The van der Waals surface area contributed by atoms with Gasteiger partial charge in [0, 0.05) is 28.3 Å². The van der Waals surface area contributed by atoms with Crippen LogP contribution < -0.4 is 14.5 Å². The molecule has 2 aromatic rings. The molecule has 2 saturated heterocycles. The van der Waals surface area contributed by atoms with E-state index >= 15 is 0 Å². The number of anilines is 2. The summed E-state index contributed by atoms with van der Waals surface area (Å²) in [6.07, 6.45) is 2.90. The second kappa shape index (κ2) is 11.2. The summed E-state index contributed by atoms with van der Waals surface area (Å²) in [5.74, 6) is -1.81. The normalized spacial score (nSPS) is 26.8. The maximum Gasteiger partial charge on any atom is 0.316 e. The van der Waals surface area contributed by atoms with Crippen LogP contribution in [0.2, 0.25) is 0 Å². The van der Waals surface area contributed by atoms with Crippen LogP contribution in [0.3, 0.4) is 0 Å². The summed E-state index contributed by atoms with van der Waals surface area (Å²) in [7, 11) is 0. The van der Waals surface area contributed by atoms with Crippen LogP contribution in [0.1, 0.15) is 49.8 Å². The summed E-state index contributed by atoms with van der Waals surface area (Å²) in [4.78, 5) is 55.8. The summed E-state index contributed by atoms with van der Waals surface area (Å²) in [6.45, 7) is 6.20. The number of esters is 1. The van der Waals surface area contributed by atoms with Gasteiger partial charge in [-0.25, -0.2) is 4.90 Å². The molecule has 2 aliphatic heterocycles. The number of fused-ring (bicyclic) bond motifs is 1. The van der Waals surface area contributed by atoms with E-state index in [9.17, 15) is 19.2 Å². The number of carbonyl (C=O) groups is 4. The van der Waals surface area contributed by atoms with Crippen LogP contribution in [0.5, 0.6) is 5.75 Å². The van der Waals surface area contributed by atoms with Gasteiger partial charge in [-0.3, -0.25) is 19.2 Å². The molecule has 3 aliphatic rings. The maximum absolute atomic E-state index is 13.2. The number of hydrogen-bond acceptors (Lipinski definition) is 5. The summed E-state index contributed by atoms with van der Waals surface area (Å²) in [5, 5.41) is 0. The number of carbonyl (C=O) groups excluding carboxylic acids is 4. The Kier molecular flexibility index (Phi) is 8.02. The predicted octanol–water partition coefficient (Wildman–Crippen LogP) is 5.50. The van der Waals surface area contributed by atoms with Crippen molar-refractivity contribution in [1.82, 2.24) is 0 Å². The Morgan fingerprint density at radius 1 is 0.949 bits per heavy atom. The summed E-state index contributed by atoms with van der Waals surface area (Å²) in [6, 6.07) is 11.0. The van der Waals surface area contributed by atoms with Crippen molar-refractivity contribution in [3.05, 3.63) is 53.1 Å². The first kappa shape index (κ1) is 28.0. The highest BCUT2D eigenvalue weighted by atomic mass is 79.9. The third kappa shape index (κ3) is 5.08. The Bertz CT molecular complexity index is 1290. The first-order valence-corrected chi connectivity index (χ1v) is 15.4. The van der Waals surface area contributed by atoms with Crippen LogP contribution in [-0.2, 0) is 32.0 Å². The largest absolute Gasteiger partial charge is 0.426 e. The van der Waals surface area contributed by atoms with Gasteiger partial charge in [-0.15, -0.1) is 0 Å². The summed E-state index contributed by atoms with van der Waals surface area (Å²) >= 11 is 7.24. The van der Waals surface area contributed by atoms with Gasteiger partial charge in [0.05, 0.1) is 23.4 Å². The zero-order valence-corrected chi connectivity index (χ0v) is 25.5. The second-order valence-electron chi connectivity index (χ2n) is 10.6. The fourth-order valence-corrected chi connectivity index (χ4v) is 7.35. The van der Waals surface area contributed by atoms with Crippen LogP contribution in [0, 0.1) is 24.7 Å². The topological polar surface area (TPSA) is 84.0 Å². The number of ether oxygens (including phenoxy) is 1. The van der Waals surface area contributed by atoms with E-state index in [-0.39, 0.29) is 52.2 Å². The van der Waals surface area contributed by atoms with Crippen LogP contribution in [0.4, 0.5) is 11.4 Å². The van der Waals surface area contributed by atoms with Crippen molar-refractivity contribution in [3.8, 4) is 5.75 Å². The van der Waals surface area contributed by atoms with Gasteiger partial charge >= 0.3 is 5.97 Å². The van der Waals surface area contributed by atoms with Crippen molar-refractivity contribution in [2.45, 2.75) is 62.5 Å². The lowest BCUT2D eigenvalue weighted by molar-refractivity contribution is -0.139. The Hall–Kier alpha value is -2.52. The first-order valence-electron chi connectivity index (χ1n) is 13.5. The third-order valence-corrected chi connectivity index (χ3v) is 11.0. The second-order valence-corrected chi connectivity index (χ2v) is 13.0. The number of halogens is 2. The van der Waals surface area contributed by atoms with E-state index in [0.717, 1.165) is 29.7 Å². The van der Waals surface area contributed by atoms with Gasteiger partial charge in [0.25, 0.3) is 0 Å². The Balaban J connectivity index is 1.30. The molecule has 5 rings (SSSR count). The zero-order valence-electron chi connectivity index (χ0n) is 22.3. The maximum atomic E-state index is 13.2. The SMILES string of the molecule is CCc1cccc(CC)c1N1C[C@H](C(=O)Oc2ccc(N3C(=O)[C@H]4C[C@H](Br)[C@@H](Br)C[C@H]4C3=O)c(C)c2)CC1=O. The number of benzene rings is 2. The predicted molar refractivity (Wildman–Crippen MR) is 157 cm³/mol. The van der Waals surface area contributed by atoms with Gasteiger partial charge in [0.15, 0.2) is 0 Å². The molecular weight excluding hydrogens is 628 g/mol. The van der Waals surface area contributed by atoms with Crippen molar-refractivity contribution < 1.29 is 23.9 Å². The highest BCUT2D eigenvalue weighted by Crippen LogP contribution is 2.45. The molecule has 0 unspecified atom stereocenters. The molecule has 206 valence electrons. The number of hydrogen-bond donors (Lipinski definition) is 0. The molecule has 1 saturated carbocycles. The van der Waals surface area contributed by atoms with Crippen molar-refractivity contribution in [2.24, 2.45) is 17.8 Å². The lowest BCUT2D eigenvalue weighted by Crippen LogP contribution is -2.34. The third-order valence-electron chi connectivity index (χ3n) is 8.23. The Morgan fingerprint density at radius 2 is 1.54 bits per heavy atom. The van der Waals surface area contributed by atoms with Crippen LogP contribution in [0.15, 0.2) is 36.4 Å². The van der Waals surface area contributed by atoms with E-state index in [4.69, 9.17) is 4.74 Å². The average Bonchev–Trinajstić information content (AvgIpc) is 3.41. The molecule has 0 bridgehead atoms. The van der Waals surface area contributed by atoms with Gasteiger partial charge in [-0.1, -0.05) is 63.9 Å². The number of alkyl halides is 2. The average molecular weight is 660 g/mol. The number of rotatable bonds is 6. The fraction of sp³-hybridized carbons (Fsp3) is 0.467. The molecule has 3 amide bonds. The molecule has 9 heteroatoms. The Labute approximate surface area is 245 Å². The first-order chi connectivity index (χ1) is 18.6. The van der Waals surface area contributed by atoms with E-state index in [1.807, 2.05) is 18.2 Å². The van der Waals surface area contributed by atoms with Crippen LogP contribution in [-0.4, -0.2) is 39.9 Å².